The summed E-state index contributed by atoms with van der Waals surface area (Å²) in [7, 11) is 0. The minimum atomic E-state index is -0.738. The van der Waals surface area contributed by atoms with Gasteiger partial charge in [0.25, 0.3) is 5.91 Å². The number of halogens is 1. The zero-order valence-electron chi connectivity index (χ0n) is 12.3. The number of rotatable bonds is 5. The van der Waals surface area contributed by atoms with Crippen LogP contribution in [0.3, 0.4) is 0 Å². The van der Waals surface area contributed by atoms with E-state index in [0.717, 1.165) is 35.7 Å². The first-order chi connectivity index (χ1) is 9.98. The van der Waals surface area contributed by atoms with Gasteiger partial charge in [0.2, 0.25) is 0 Å². The highest BCUT2D eigenvalue weighted by Crippen LogP contribution is 2.27. The summed E-state index contributed by atoms with van der Waals surface area (Å²) in [5.41, 5.74) is 0.386. The first kappa shape index (κ1) is 16.3. The molecule has 5 heteroatoms. The maximum absolute atomic E-state index is 11.8. The van der Waals surface area contributed by atoms with E-state index in [-0.39, 0.29) is 12.5 Å². The average molecular weight is 356 g/mol. The minimum Gasteiger partial charge on any atom is -0.483 e. The summed E-state index contributed by atoms with van der Waals surface area (Å²) in [4.78, 5) is 11.8. The standard InChI is InChI=1S/C16H22BrNO3/c1-12-5-6-14(13(17)9-12)21-10-15(19)18-11-16(20)7-3-2-4-8-16/h5-6,9,20H,2-4,7-8,10-11H2,1H3,(H,18,19). The smallest absolute Gasteiger partial charge is 0.258 e. The third-order valence-corrected chi connectivity index (χ3v) is 4.46. The van der Waals surface area contributed by atoms with Gasteiger partial charge in [-0.25, -0.2) is 0 Å². The second-order valence-electron chi connectivity index (χ2n) is 5.78. The SMILES string of the molecule is Cc1ccc(OCC(=O)NCC2(O)CCCCC2)c(Br)c1. The van der Waals surface area contributed by atoms with Crippen LogP contribution in [0.25, 0.3) is 0 Å². The van der Waals surface area contributed by atoms with Gasteiger partial charge in [-0.3, -0.25) is 4.79 Å². The van der Waals surface area contributed by atoms with Gasteiger partial charge in [0, 0.05) is 6.54 Å². The van der Waals surface area contributed by atoms with Crippen molar-refractivity contribution in [3.63, 3.8) is 0 Å². The van der Waals surface area contributed by atoms with Gasteiger partial charge < -0.3 is 15.2 Å². The molecule has 1 aliphatic carbocycles. The quantitative estimate of drug-likeness (QED) is 0.853. The van der Waals surface area contributed by atoms with E-state index in [1.165, 1.54) is 6.42 Å². The summed E-state index contributed by atoms with van der Waals surface area (Å²) in [5.74, 6) is 0.439. The molecule has 1 aliphatic rings. The van der Waals surface area contributed by atoms with Crippen molar-refractivity contribution in [2.75, 3.05) is 13.2 Å². The lowest BCUT2D eigenvalue weighted by molar-refractivity contribution is -0.124. The molecule has 0 saturated heterocycles. The van der Waals surface area contributed by atoms with Gasteiger partial charge in [-0.05, 0) is 53.4 Å². The fraction of sp³-hybridized carbons (Fsp3) is 0.562. The molecule has 0 bridgehead atoms. The number of ether oxygens (including phenoxy) is 1. The molecule has 0 heterocycles. The Bertz CT molecular complexity index is 498. The van der Waals surface area contributed by atoms with Crippen molar-refractivity contribution < 1.29 is 14.6 Å². The number of hydrogen-bond donors (Lipinski definition) is 2. The topological polar surface area (TPSA) is 58.6 Å². The highest BCUT2D eigenvalue weighted by molar-refractivity contribution is 9.10. The molecule has 4 nitrogen and oxygen atoms in total. The van der Waals surface area contributed by atoms with E-state index in [9.17, 15) is 9.90 Å². The Morgan fingerprint density at radius 1 is 1.38 bits per heavy atom. The zero-order chi connectivity index (χ0) is 15.3. The van der Waals surface area contributed by atoms with Crippen LogP contribution in [0.15, 0.2) is 22.7 Å². The first-order valence-electron chi connectivity index (χ1n) is 7.37. The Hall–Kier alpha value is -1.07. The van der Waals surface area contributed by atoms with Crippen LogP contribution in [0.4, 0.5) is 0 Å². The van der Waals surface area contributed by atoms with E-state index in [1.54, 1.807) is 0 Å². The van der Waals surface area contributed by atoms with Gasteiger partial charge in [-0.15, -0.1) is 0 Å². The average Bonchev–Trinajstić information content (AvgIpc) is 2.45. The van der Waals surface area contributed by atoms with E-state index in [4.69, 9.17) is 4.74 Å². The number of aryl methyl sites for hydroxylation is 1. The summed E-state index contributed by atoms with van der Waals surface area (Å²) in [6.07, 6.45) is 4.74. The van der Waals surface area contributed by atoms with Gasteiger partial charge in [-0.2, -0.15) is 0 Å². The molecule has 1 saturated carbocycles. The van der Waals surface area contributed by atoms with Crippen LogP contribution < -0.4 is 10.1 Å². The number of hydrogen-bond acceptors (Lipinski definition) is 3. The molecule has 0 atom stereocenters. The summed E-state index contributed by atoms with van der Waals surface area (Å²) < 4.78 is 6.32. The van der Waals surface area contributed by atoms with Crippen LogP contribution in [0.1, 0.15) is 37.7 Å². The van der Waals surface area contributed by atoms with E-state index in [1.807, 2.05) is 25.1 Å². The summed E-state index contributed by atoms with van der Waals surface area (Å²) in [6.45, 7) is 2.26. The third-order valence-electron chi connectivity index (χ3n) is 3.85. The third kappa shape index (κ3) is 5.00. The van der Waals surface area contributed by atoms with Gasteiger partial charge in [0.1, 0.15) is 5.75 Å². The molecule has 21 heavy (non-hydrogen) atoms. The molecule has 0 spiro atoms. The van der Waals surface area contributed by atoms with Gasteiger partial charge in [0.05, 0.1) is 10.1 Å². The molecule has 2 rings (SSSR count). The van der Waals surface area contributed by atoms with E-state index >= 15 is 0 Å². The Morgan fingerprint density at radius 2 is 2.10 bits per heavy atom. The highest BCUT2D eigenvalue weighted by Gasteiger charge is 2.29. The van der Waals surface area contributed by atoms with Crippen molar-refractivity contribution in [3.8, 4) is 5.75 Å². The fourth-order valence-corrected chi connectivity index (χ4v) is 3.17. The zero-order valence-corrected chi connectivity index (χ0v) is 13.9. The second kappa shape index (κ2) is 7.27. The summed E-state index contributed by atoms with van der Waals surface area (Å²) >= 11 is 3.41. The number of carbonyl (C=O) groups excluding carboxylic acids is 1. The lowest BCUT2D eigenvalue weighted by atomic mass is 9.85. The van der Waals surface area contributed by atoms with Crippen molar-refractivity contribution in [2.24, 2.45) is 0 Å². The van der Waals surface area contributed by atoms with Gasteiger partial charge in [-0.1, -0.05) is 25.3 Å². The molecule has 1 aromatic rings. The number of amides is 1. The molecule has 1 aromatic carbocycles. The summed E-state index contributed by atoms with van der Waals surface area (Å²) in [6, 6.07) is 5.71. The normalized spacial score (nSPS) is 17.3. The van der Waals surface area contributed by atoms with Crippen LogP contribution in [0, 0.1) is 6.92 Å². The minimum absolute atomic E-state index is 0.0439. The molecule has 116 valence electrons. The lowest BCUT2D eigenvalue weighted by Gasteiger charge is -2.32. The van der Waals surface area contributed by atoms with Crippen molar-refractivity contribution in [1.29, 1.82) is 0 Å². The van der Waals surface area contributed by atoms with Crippen LogP contribution in [0.2, 0.25) is 0 Å². The fourth-order valence-electron chi connectivity index (χ4n) is 2.57. The first-order valence-corrected chi connectivity index (χ1v) is 8.16. The summed E-state index contributed by atoms with van der Waals surface area (Å²) in [5, 5.41) is 13.1. The van der Waals surface area contributed by atoms with E-state index in [2.05, 4.69) is 21.2 Å². The monoisotopic (exact) mass is 355 g/mol. The molecule has 1 fully saturated rings. The molecule has 0 unspecified atom stereocenters. The number of aliphatic hydroxyl groups is 1. The molecule has 0 aromatic heterocycles. The van der Waals surface area contributed by atoms with E-state index in [0.29, 0.717) is 12.3 Å². The van der Waals surface area contributed by atoms with Crippen molar-refractivity contribution in [2.45, 2.75) is 44.6 Å². The van der Waals surface area contributed by atoms with E-state index < -0.39 is 5.60 Å². The maximum Gasteiger partial charge on any atom is 0.258 e. The number of carbonyl (C=O) groups is 1. The number of nitrogens with one attached hydrogen (secondary N) is 1. The Balaban J connectivity index is 1.77. The van der Waals surface area contributed by atoms with Crippen LogP contribution in [-0.2, 0) is 4.79 Å². The molecule has 0 aliphatic heterocycles. The molecule has 0 radical (unpaired) electrons. The Morgan fingerprint density at radius 3 is 2.76 bits per heavy atom. The van der Waals surface area contributed by atoms with Crippen LogP contribution in [0.5, 0.6) is 5.75 Å². The largest absolute Gasteiger partial charge is 0.483 e. The molecule has 1 amide bonds. The molecule has 2 N–H and O–H groups in total. The predicted molar refractivity (Wildman–Crippen MR) is 85.4 cm³/mol. The van der Waals surface area contributed by atoms with Crippen molar-refractivity contribution >= 4 is 21.8 Å². The van der Waals surface area contributed by atoms with Crippen LogP contribution >= 0.6 is 15.9 Å². The Kier molecular flexibility index (Phi) is 5.65. The molecular formula is C16H22BrNO3. The maximum atomic E-state index is 11.8. The highest BCUT2D eigenvalue weighted by atomic mass is 79.9. The van der Waals surface area contributed by atoms with Gasteiger partial charge >= 0.3 is 0 Å². The van der Waals surface area contributed by atoms with Gasteiger partial charge in [0.15, 0.2) is 6.61 Å². The van der Waals surface area contributed by atoms with Crippen molar-refractivity contribution in [3.05, 3.63) is 28.2 Å². The Labute approximate surface area is 134 Å². The number of benzene rings is 1. The van der Waals surface area contributed by atoms with Crippen LogP contribution in [-0.4, -0.2) is 29.8 Å². The van der Waals surface area contributed by atoms with Crippen molar-refractivity contribution in [1.82, 2.24) is 5.32 Å². The molecular weight excluding hydrogens is 334 g/mol. The second-order valence-corrected chi connectivity index (χ2v) is 6.64. The lowest BCUT2D eigenvalue weighted by Crippen LogP contribution is -2.45. The predicted octanol–water partition coefficient (Wildman–Crippen LogP) is 2.95.